The summed E-state index contributed by atoms with van der Waals surface area (Å²) in [6, 6.07) is 7.52. The summed E-state index contributed by atoms with van der Waals surface area (Å²) in [4.78, 5) is 48.5. The molecular formula is C15H11N3O5S. The van der Waals surface area contributed by atoms with E-state index in [-0.39, 0.29) is 11.1 Å². The number of hydrogen-bond acceptors (Lipinski definition) is 6. The van der Waals surface area contributed by atoms with Crippen molar-refractivity contribution in [1.82, 2.24) is 10.2 Å². The predicted molar refractivity (Wildman–Crippen MR) is 84.6 cm³/mol. The van der Waals surface area contributed by atoms with E-state index in [0.717, 1.165) is 15.8 Å². The zero-order chi connectivity index (χ0) is 17.3. The van der Waals surface area contributed by atoms with Crippen LogP contribution in [0.3, 0.4) is 0 Å². The van der Waals surface area contributed by atoms with Gasteiger partial charge in [0.25, 0.3) is 17.5 Å². The fourth-order valence-electron chi connectivity index (χ4n) is 2.41. The first-order chi connectivity index (χ1) is 11.5. The Morgan fingerprint density at radius 3 is 2.67 bits per heavy atom. The molecule has 0 radical (unpaired) electrons. The molecule has 0 unspecified atom stereocenters. The van der Waals surface area contributed by atoms with Crippen molar-refractivity contribution < 1.29 is 19.3 Å². The maximum absolute atomic E-state index is 12.3. The Morgan fingerprint density at radius 2 is 2.00 bits per heavy atom. The minimum atomic E-state index is -0.825. The summed E-state index contributed by atoms with van der Waals surface area (Å²) in [6.45, 7) is -0.186. The van der Waals surface area contributed by atoms with Crippen molar-refractivity contribution >= 4 is 34.7 Å². The third kappa shape index (κ3) is 2.76. The second-order valence-corrected chi connectivity index (χ2v) is 6.04. The SMILES string of the molecule is O=C(CN1C(=O)c2cccc([N+](=O)[O-])c2C1=O)NCc1cccs1. The molecule has 0 bridgehead atoms. The van der Waals surface area contributed by atoms with Crippen LogP contribution in [0.15, 0.2) is 35.7 Å². The Balaban J connectivity index is 1.75. The molecule has 2 aromatic rings. The number of nitro benzene ring substituents is 1. The Kier molecular flexibility index (Phi) is 4.09. The minimum absolute atomic E-state index is 0.0553. The molecule has 0 saturated carbocycles. The molecule has 1 aromatic heterocycles. The number of carbonyl (C=O) groups is 3. The van der Waals surface area contributed by atoms with Gasteiger partial charge in [-0.25, -0.2) is 0 Å². The number of amides is 3. The van der Waals surface area contributed by atoms with Gasteiger partial charge in [0, 0.05) is 10.9 Å². The van der Waals surface area contributed by atoms with E-state index in [4.69, 9.17) is 0 Å². The number of nitro groups is 1. The molecule has 3 rings (SSSR count). The third-order valence-corrected chi connectivity index (χ3v) is 4.39. The van der Waals surface area contributed by atoms with E-state index in [1.54, 1.807) is 0 Å². The normalized spacial score (nSPS) is 13.1. The van der Waals surface area contributed by atoms with Crippen LogP contribution in [0.4, 0.5) is 5.69 Å². The van der Waals surface area contributed by atoms with Gasteiger partial charge in [-0.2, -0.15) is 0 Å². The average molecular weight is 345 g/mol. The summed E-state index contributed by atoms with van der Waals surface area (Å²) in [7, 11) is 0. The molecule has 0 saturated heterocycles. The number of imide groups is 1. The lowest BCUT2D eigenvalue weighted by Gasteiger charge is -2.13. The van der Waals surface area contributed by atoms with Crippen LogP contribution in [0, 0.1) is 10.1 Å². The van der Waals surface area contributed by atoms with Crippen LogP contribution in [0.2, 0.25) is 0 Å². The fourth-order valence-corrected chi connectivity index (χ4v) is 3.05. The molecule has 1 aliphatic heterocycles. The Bertz CT molecular complexity index is 847. The maximum Gasteiger partial charge on any atom is 0.282 e. The van der Waals surface area contributed by atoms with E-state index in [2.05, 4.69) is 5.32 Å². The number of thiophene rings is 1. The molecule has 1 N–H and O–H groups in total. The molecule has 9 heteroatoms. The highest BCUT2D eigenvalue weighted by Crippen LogP contribution is 2.30. The van der Waals surface area contributed by atoms with E-state index in [1.807, 2.05) is 17.5 Å². The van der Waals surface area contributed by atoms with Crippen LogP contribution in [-0.4, -0.2) is 34.1 Å². The monoisotopic (exact) mass is 345 g/mol. The molecule has 0 atom stereocenters. The van der Waals surface area contributed by atoms with Crippen LogP contribution in [0.5, 0.6) is 0 Å². The van der Waals surface area contributed by atoms with Gasteiger partial charge >= 0.3 is 0 Å². The Morgan fingerprint density at radius 1 is 1.21 bits per heavy atom. The third-order valence-electron chi connectivity index (χ3n) is 3.52. The highest BCUT2D eigenvalue weighted by atomic mass is 32.1. The topological polar surface area (TPSA) is 110 Å². The summed E-state index contributed by atoms with van der Waals surface area (Å²) in [6.07, 6.45) is 0. The van der Waals surface area contributed by atoms with Gasteiger partial charge in [-0.05, 0) is 17.5 Å². The molecule has 122 valence electrons. The van der Waals surface area contributed by atoms with Crippen LogP contribution in [-0.2, 0) is 11.3 Å². The second kappa shape index (κ2) is 6.20. The first-order valence-electron chi connectivity index (χ1n) is 6.91. The van der Waals surface area contributed by atoms with Gasteiger partial charge in [-0.1, -0.05) is 12.1 Å². The van der Waals surface area contributed by atoms with E-state index in [0.29, 0.717) is 6.54 Å². The second-order valence-electron chi connectivity index (χ2n) is 5.01. The molecule has 0 aliphatic carbocycles. The van der Waals surface area contributed by atoms with Crippen molar-refractivity contribution in [1.29, 1.82) is 0 Å². The van der Waals surface area contributed by atoms with E-state index >= 15 is 0 Å². The Labute approximate surface area is 139 Å². The lowest BCUT2D eigenvalue weighted by atomic mass is 10.1. The standard InChI is InChI=1S/C15H11N3O5S/c19-12(16-7-9-3-2-6-24-9)8-17-14(20)10-4-1-5-11(18(22)23)13(10)15(17)21/h1-6H,7-8H2,(H,16,19). The van der Waals surface area contributed by atoms with Gasteiger partial charge in [0.2, 0.25) is 5.91 Å². The molecule has 0 fully saturated rings. The quantitative estimate of drug-likeness (QED) is 0.502. The van der Waals surface area contributed by atoms with Crippen molar-refractivity contribution in [3.8, 4) is 0 Å². The average Bonchev–Trinajstić information content (AvgIpc) is 3.16. The van der Waals surface area contributed by atoms with Crippen LogP contribution in [0.25, 0.3) is 0 Å². The van der Waals surface area contributed by atoms with Crippen molar-refractivity contribution in [2.45, 2.75) is 6.54 Å². The van der Waals surface area contributed by atoms with Gasteiger partial charge in [0.05, 0.1) is 17.0 Å². The van der Waals surface area contributed by atoms with Gasteiger partial charge < -0.3 is 5.32 Å². The zero-order valence-electron chi connectivity index (χ0n) is 12.2. The highest BCUT2D eigenvalue weighted by Gasteiger charge is 2.41. The van der Waals surface area contributed by atoms with Crippen molar-refractivity contribution in [3.05, 3.63) is 61.8 Å². The number of fused-ring (bicyclic) bond motifs is 1. The molecule has 3 amide bonds. The van der Waals surface area contributed by atoms with Gasteiger partial charge in [-0.15, -0.1) is 11.3 Å². The minimum Gasteiger partial charge on any atom is -0.350 e. The number of rotatable bonds is 5. The maximum atomic E-state index is 12.3. The summed E-state index contributed by atoms with van der Waals surface area (Å²) < 4.78 is 0. The van der Waals surface area contributed by atoms with Gasteiger partial charge in [0.1, 0.15) is 12.1 Å². The number of carbonyl (C=O) groups excluding carboxylic acids is 3. The number of hydrogen-bond donors (Lipinski definition) is 1. The summed E-state index contributed by atoms with van der Waals surface area (Å²) >= 11 is 1.47. The highest BCUT2D eigenvalue weighted by molar-refractivity contribution is 7.09. The molecule has 8 nitrogen and oxygen atoms in total. The lowest BCUT2D eigenvalue weighted by Crippen LogP contribution is -2.40. The number of nitrogens with one attached hydrogen (secondary N) is 1. The van der Waals surface area contributed by atoms with E-state index in [1.165, 1.54) is 23.5 Å². The van der Waals surface area contributed by atoms with Crippen LogP contribution in [0.1, 0.15) is 25.6 Å². The molecule has 1 aliphatic rings. The zero-order valence-corrected chi connectivity index (χ0v) is 13.0. The number of nitrogens with zero attached hydrogens (tertiary/aromatic N) is 2. The van der Waals surface area contributed by atoms with E-state index < -0.39 is 34.9 Å². The molecular weight excluding hydrogens is 334 g/mol. The Hall–Kier alpha value is -3.07. The smallest absolute Gasteiger partial charge is 0.282 e. The van der Waals surface area contributed by atoms with Gasteiger partial charge in [0.15, 0.2) is 0 Å². The summed E-state index contributed by atoms with van der Waals surface area (Å²) in [5.41, 5.74) is -0.758. The van der Waals surface area contributed by atoms with Gasteiger partial charge in [-0.3, -0.25) is 29.4 Å². The molecule has 1 aromatic carbocycles. The lowest BCUT2D eigenvalue weighted by molar-refractivity contribution is -0.385. The first kappa shape index (κ1) is 15.8. The number of benzene rings is 1. The van der Waals surface area contributed by atoms with Crippen molar-refractivity contribution in [2.75, 3.05) is 6.54 Å². The molecule has 0 spiro atoms. The fraction of sp³-hybridized carbons (Fsp3) is 0.133. The van der Waals surface area contributed by atoms with Crippen molar-refractivity contribution in [2.24, 2.45) is 0 Å². The largest absolute Gasteiger partial charge is 0.350 e. The summed E-state index contributed by atoms with van der Waals surface area (Å²) in [5, 5.41) is 15.5. The summed E-state index contributed by atoms with van der Waals surface area (Å²) in [5.74, 6) is -2.04. The van der Waals surface area contributed by atoms with Crippen LogP contribution < -0.4 is 5.32 Å². The predicted octanol–water partition coefficient (Wildman–Crippen LogP) is 1.57. The van der Waals surface area contributed by atoms with Crippen molar-refractivity contribution in [3.63, 3.8) is 0 Å². The molecule has 2 heterocycles. The first-order valence-corrected chi connectivity index (χ1v) is 7.79. The van der Waals surface area contributed by atoms with E-state index in [9.17, 15) is 24.5 Å². The molecule has 24 heavy (non-hydrogen) atoms. The van der Waals surface area contributed by atoms with Crippen LogP contribution >= 0.6 is 11.3 Å².